The lowest BCUT2D eigenvalue weighted by Gasteiger charge is -2.39. The minimum Gasteiger partial charge on any atom is -0.479 e. The van der Waals surface area contributed by atoms with Crippen molar-refractivity contribution in [2.24, 2.45) is 0 Å². The van der Waals surface area contributed by atoms with Crippen molar-refractivity contribution >= 4 is 23.5 Å². The smallest absolute Gasteiger partial charge is 0.479 e. The van der Waals surface area contributed by atoms with E-state index in [1.807, 2.05) is 24.3 Å². The average Bonchev–Trinajstić information content (AvgIpc) is 3.12. The summed E-state index contributed by atoms with van der Waals surface area (Å²) in [6, 6.07) is 11.0. The topological polar surface area (TPSA) is 128 Å². The van der Waals surface area contributed by atoms with Crippen molar-refractivity contribution in [1.29, 1.82) is 0 Å². The second-order valence-electron chi connectivity index (χ2n) is 8.94. The molecule has 2 aromatic carbocycles. The SMILES string of the molecule is CC(=O)NC12C(=O)c3c(N)cccc3C1(CCCCOC(=O)O)Oc1cc(C(C)C)ccc12. The van der Waals surface area contributed by atoms with E-state index < -0.39 is 17.3 Å². The van der Waals surface area contributed by atoms with Gasteiger partial charge in [0.15, 0.2) is 16.9 Å². The maximum Gasteiger partial charge on any atom is 0.505 e. The third-order valence-electron chi connectivity index (χ3n) is 6.58. The summed E-state index contributed by atoms with van der Waals surface area (Å²) in [6.45, 7) is 5.54. The normalized spacial score (nSPS) is 22.4. The van der Waals surface area contributed by atoms with Crippen molar-refractivity contribution in [3.05, 3.63) is 58.7 Å². The lowest BCUT2D eigenvalue weighted by molar-refractivity contribution is -0.123. The van der Waals surface area contributed by atoms with Gasteiger partial charge >= 0.3 is 6.16 Å². The zero-order valence-electron chi connectivity index (χ0n) is 18.9. The molecule has 0 radical (unpaired) electrons. The molecule has 1 amide bonds. The molecule has 1 aliphatic heterocycles. The lowest BCUT2D eigenvalue weighted by atomic mass is 9.73. The molecule has 8 nitrogen and oxygen atoms in total. The predicted molar refractivity (Wildman–Crippen MR) is 121 cm³/mol. The second-order valence-corrected chi connectivity index (χ2v) is 8.94. The maximum atomic E-state index is 14.0. The van der Waals surface area contributed by atoms with Crippen LogP contribution < -0.4 is 15.8 Å². The highest BCUT2D eigenvalue weighted by molar-refractivity contribution is 6.15. The van der Waals surface area contributed by atoms with E-state index in [0.717, 1.165) is 5.56 Å². The highest BCUT2D eigenvalue weighted by Gasteiger charge is 2.71. The number of ether oxygens (including phenoxy) is 2. The largest absolute Gasteiger partial charge is 0.505 e. The predicted octanol–water partition coefficient (Wildman–Crippen LogP) is 4.07. The molecule has 0 aromatic heterocycles. The molecule has 2 unspecified atom stereocenters. The molecule has 0 saturated heterocycles. The number of carbonyl (C=O) groups is 3. The molecule has 1 heterocycles. The number of fused-ring (bicyclic) bond motifs is 5. The fourth-order valence-electron chi connectivity index (χ4n) is 5.18. The molecule has 2 atom stereocenters. The number of carboxylic acid groups (broad SMARTS) is 1. The Bertz CT molecular complexity index is 1140. The van der Waals surface area contributed by atoms with Crippen molar-refractivity contribution in [3.63, 3.8) is 0 Å². The monoisotopic (exact) mass is 452 g/mol. The second kappa shape index (κ2) is 8.10. The first-order valence-corrected chi connectivity index (χ1v) is 11.1. The third kappa shape index (κ3) is 3.32. The fraction of sp³-hybridized carbons (Fsp3) is 0.400. The number of amides is 1. The molecular weight excluding hydrogens is 424 g/mol. The van der Waals surface area contributed by atoms with E-state index in [4.69, 9.17) is 15.6 Å². The number of nitrogen functional groups attached to an aromatic ring is 1. The summed E-state index contributed by atoms with van der Waals surface area (Å²) in [5, 5.41) is 11.7. The molecule has 2 aromatic rings. The van der Waals surface area contributed by atoms with Gasteiger partial charge in [0.2, 0.25) is 5.91 Å². The quantitative estimate of drug-likeness (QED) is 0.328. The van der Waals surface area contributed by atoms with Gasteiger partial charge in [-0.1, -0.05) is 38.1 Å². The van der Waals surface area contributed by atoms with Crippen molar-refractivity contribution in [2.45, 2.75) is 57.1 Å². The molecule has 174 valence electrons. The molecular formula is C25H28N2O6. The van der Waals surface area contributed by atoms with Gasteiger partial charge in [0.25, 0.3) is 0 Å². The van der Waals surface area contributed by atoms with Crippen LogP contribution in [0.2, 0.25) is 0 Å². The minimum atomic E-state index is -1.46. The number of ketones is 1. The molecule has 0 saturated carbocycles. The Labute approximate surface area is 192 Å². The van der Waals surface area contributed by atoms with Crippen LogP contribution in [0.15, 0.2) is 36.4 Å². The summed E-state index contributed by atoms with van der Waals surface area (Å²) in [7, 11) is 0. The Morgan fingerprint density at radius 2 is 1.94 bits per heavy atom. The molecule has 0 bridgehead atoms. The van der Waals surface area contributed by atoms with Gasteiger partial charge in [0.05, 0.1) is 12.2 Å². The first-order valence-electron chi connectivity index (χ1n) is 11.1. The number of hydrogen-bond acceptors (Lipinski definition) is 6. The first kappa shape index (κ1) is 22.6. The Morgan fingerprint density at radius 1 is 1.18 bits per heavy atom. The van der Waals surface area contributed by atoms with Crippen LogP contribution in [0.1, 0.15) is 73.0 Å². The fourth-order valence-corrected chi connectivity index (χ4v) is 5.18. The number of nitrogens with two attached hydrogens (primary N) is 1. The van der Waals surface area contributed by atoms with Crippen LogP contribution in [0.4, 0.5) is 10.5 Å². The summed E-state index contributed by atoms with van der Waals surface area (Å²) in [5.41, 5.74) is 6.53. The van der Waals surface area contributed by atoms with Gasteiger partial charge < -0.3 is 25.6 Å². The molecule has 0 spiro atoms. The van der Waals surface area contributed by atoms with Crippen molar-refractivity contribution in [2.75, 3.05) is 12.3 Å². The van der Waals surface area contributed by atoms with E-state index in [-0.39, 0.29) is 24.2 Å². The standard InChI is InChI=1S/C25H28N2O6/c1-14(2)16-9-10-17-20(13-16)33-24(11-4-5-12-32-23(30)31)18-7-6-8-19(26)21(18)22(29)25(17,24)27-15(3)28/h6-10,13-14H,4-5,11-12,26H2,1-3H3,(H,27,28)(H,30,31). The molecule has 33 heavy (non-hydrogen) atoms. The lowest BCUT2D eigenvalue weighted by Crippen LogP contribution is -2.59. The zero-order chi connectivity index (χ0) is 24.0. The van der Waals surface area contributed by atoms with Gasteiger partial charge in [0, 0.05) is 23.7 Å². The van der Waals surface area contributed by atoms with E-state index >= 15 is 0 Å². The molecule has 4 rings (SSSR count). The minimum absolute atomic E-state index is 0.0285. The number of carbonyl (C=O) groups excluding carboxylic acids is 2. The molecule has 0 fully saturated rings. The Hall–Kier alpha value is -3.55. The number of anilines is 1. The highest BCUT2D eigenvalue weighted by atomic mass is 16.7. The summed E-state index contributed by atoms with van der Waals surface area (Å²) in [5.74, 6) is 0.137. The van der Waals surface area contributed by atoms with Gasteiger partial charge in [-0.25, -0.2) is 4.79 Å². The summed E-state index contributed by atoms with van der Waals surface area (Å²) in [6.07, 6.45) is -0.0428. The van der Waals surface area contributed by atoms with Crippen LogP contribution in [-0.2, 0) is 20.7 Å². The molecule has 2 aliphatic rings. The number of Topliss-reactive ketones (excluding diaryl/α,β-unsaturated/α-hetero) is 1. The first-order chi connectivity index (χ1) is 15.6. The van der Waals surface area contributed by atoms with Crippen molar-refractivity contribution in [3.8, 4) is 5.75 Å². The Kier molecular flexibility index (Phi) is 5.56. The van der Waals surface area contributed by atoms with Gasteiger partial charge in [0.1, 0.15) is 5.75 Å². The van der Waals surface area contributed by atoms with E-state index in [1.54, 1.807) is 12.1 Å². The van der Waals surface area contributed by atoms with Gasteiger partial charge in [-0.2, -0.15) is 0 Å². The zero-order valence-corrected chi connectivity index (χ0v) is 18.9. The molecule has 8 heteroatoms. The maximum absolute atomic E-state index is 14.0. The Morgan fingerprint density at radius 3 is 2.61 bits per heavy atom. The summed E-state index contributed by atoms with van der Waals surface area (Å²) >= 11 is 0. The third-order valence-corrected chi connectivity index (χ3v) is 6.58. The van der Waals surface area contributed by atoms with Crippen LogP contribution >= 0.6 is 0 Å². The van der Waals surface area contributed by atoms with Crippen LogP contribution in [0.25, 0.3) is 0 Å². The van der Waals surface area contributed by atoms with Crippen molar-refractivity contribution < 1.29 is 29.0 Å². The van der Waals surface area contributed by atoms with Crippen LogP contribution in [0.5, 0.6) is 5.75 Å². The van der Waals surface area contributed by atoms with Gasteiger partial charge in [-0.3, -0.25) is 9.59 Å². The van der Waals surface area contributed by atoms with E-state index in [9.17, 15) is 14.4 Å². The van der Waals surface area contributed by atoms with Crippen molar-refractivity contribution in [1.82, 2.24) is 5.32 Å². The van der Waals surface area contributed by atoms with E-state index in [1.165, 1.54) is 6.92 Å². The van der Waals surface area contributed by atoms with Gasteiger partial charge in [-0.15, -0.1) is 0 Å². The number of rotatable bonds is 7. The number of benzene rings is 2. The Balaban J connectivity index is 1.87. The number of nitrogens with one attached hydrogen (secondary N) is 1. The number of unbranched alkanes of at least 4 members (excludes halogenated alkanes) is 1. The van der Waals surface area contributed by atoms with Crippen LogP contribution in [0, 0.1) is 0 Å². The average molecular weight is 453 g/mol. The van der Waals surface area contributed by atoms with Crippen LogP contribution in [-0.4, -0.2) is 29.6 Å². The molecule has 4 N–H and O–H groups in total. The van der Waals surface area contributed by atoms with Crippen LogP contribution in [0.3, 0.4) is 0 Å². The summed E-state index contributed by atoms with van der Waals surface area (Å²) < 4.78 is 11.3. The highest BCUT2D eigenvalue weighted by Crippen LogP contribution is 2.62. The summed E-state index contributed by atoms with van der Waals surface area (Å²) in [4.78, 5) is 37.2. The molecule has 1 aliphatic carbocycles. The van der Waals surface area contributed by atoms with E-state index in [0.29, 0.717) is 47.4 Å². The van der Waals surface area contributed by atoms with Gasteiger partial charge in [-0.05, 0) is 42.9 Å². The van der Waals surface area contributed by atoms with E-state index in [2.05, 4.69) is 23.9 Å². The number of hydrogen-bond donors (Lipinski definition) is 3.